The highest BCUT2D eigenvalue weighted by molar-refractivity contribution is 7.18. The molecule has 0 saturated carbocycles. The van der Waals surface area contributed by atoms with Crippen molar-refractivity contribution in [3.63, 3.8) is 0 Å². The summed E-state index contributed by atoms with van der Waals surface area (Å²) in [6.07, 6.45) is 4.55. The van der Waals surface area contributed by atoms with Crippen molar-refractivity contribution < 1.29 is 4.79 Å². The Balaban J connectivity index is 1.96. The topological polar surface area (TPSA) is 97.9 Å². The van der Waals surface area contributed by atoms with E-state index in [1.807, 2.05) is 13.2 Å². The first-order chi connectivity index (χ1) is 9.60. The fourth-order valence-corrected chi connectivity index (χ4v) is 2.45. The Morgan fingerprint density at radius 1 is 1.55 bits per heavy atom. The van der Waals surface area contributed by atoms with Gasteiger partial charge in [-0.15, -0.1) is 0 Å². The average molecular weight is 294 g/mol. The molecule has 20 heavy (non-hydrogen) atoms. The van der Waals surface area contributed by atoms with Gasteiger partial charge in [0, 0.05) is 31.9 Å². The van der Waals surface area contributed by atoms with E-state index in [-0.39, 0.29) is 11.7 Å². The molecule has 0 spiro atoms. The van der Waals surface area contributed by atoms with Crippen LogP contribution in [0, 0.1) is 0 Å². The summed E-state index contributed by atoms with van der Waals surface area (Å²) in [4.78, 5) is 16.6. The number of rotatable bonds is 6. The Hall–Kier alpha value is -2.09. The second kappa shape index (κ2) is 6.38. The lowest BCUT2D eigenvalue weighted by atomic mass is 10.3. The van der Waals surface area contributed by atoms with E-state index in [1.165, 1.54) is 11.3 Å². The molecule has 7 nitrogen and oxygen atoms in total. The Morgan fingerprint density at radius 2 is 2.35 bits per heavy atom. The van der Waals surface area contributed by atoms with Crippen molar-refractivity contribution in [2.45, 2.75) is 19.9 Å². The fourth-order valence-electron chi connectivity index (χ4n) is 1.63. The van der Waals surface area contributed by atoms with Gasteiger partial charge in [-0.05, 0) is 6.42 Å². The quantitative estimate of drug-likeness (QED) is 0.744. The van der Waals surface area contributed by atoms with Gasteiger partial charge in [0.05, 0.1) is 6.20 Å². The molecule has 2 aromatic rings. The standard InChI is InChI=1S/C12H18N6OS/c1-3-4-14-12-17-10(13)9(20-12)11(19)15-5-8-6-16-18(2)7-8/h6-7H,3-5,13H2,1-2H3,(H,14,17)(H,15,19). The third-order valence-corrected chi connectivity index (χ3v) is 3.62. The summed E-state index contributed by atoms with van der Waals surface area (Å²) in [5, 5.41) is 10.7. The van der Waals surface area contributed by atoms with Crippen LogP contribution in [0.15, 0.2) is 12.4 Å². The highest BCUT2D eigenvalue weighted by atomic mass is 32.1. The van der Waals surface area contributed by atoms with Crippen LogP contribution in [-0.2, 0) is 13.6 Å². The molecule has 8 heteroatoms. The van der Waals surface area contributed by atoms with Gasteiger partial charge in [0.1, 0.15) is 10.7 Å². The number of nitrogens with one attached hydrogen (secondary N) is 2. The number of hydrogen-bond donors (Lipinski definition) is 3. The molecule has 0 saturated heterocycles. The van der Waals surface area contributed by atoms with E-state index in [9.17, 15) is 4.79 Å². The molecule has 0 bridgehead atoms. The predicted octanol–water partition coefficient (Wildman–Crippen LogP) is 1.21. The van der Waals surface area contributed by atoms with Crippen LogP contribution in [0.4, 0.5) is 10.9 Å². The molecule has 0 aliphatic rings. The largest absolute Gasteiger partial charge is 0.382 e. The molecule has 1 amide bonds. The van der Waals surface area contributed by atoms with Crippen molar-refractivity contribution in [2.75, 3.05) is 17.6 Å². The molecule has 108 valence electrons. The van der Waals surface area contributed by atoms with E-state index >= 15 is 0 Å². The van der Waals surface area contributed by atoms with Crippen LogP contribution >= 0.6 is 11.3 Å². The minimum absolute atomic E-state index is 0.214. The van der Waals surface area contributed by atoms with Crippen LogP contribution < -0.4 is 16.4 Å². The maximum absolute atomic E-state index is 12.1. The molecule has 0 unspecified atom stereocenters. The van der Waals surface area contributed by atoms with Crippen molar-refractivity contribution in [3.8, 4) is 0 Å². The second-order valence-electron chi connectivity index (χ2n) is 4.37. The summed E-state index contributed by atoms with van der Waals surface area (Å²) in [6.45, 7) is 3.29. The molecule has 0 aliphatic heterocycles. The van der Waals surface area contributed by atoms with Crippen LogP contribution in [0.2, 0.25) is 0 Å². The van der Waals surface area contributed by atoms with Crippen LogP contribution in [0.1, 0.15) is 28.6 Å². The first-order valence-corrected chi connectivity index (χ1v) is 7.17. The second-order valence-corrected chi connectivity index (χ2v) is 5.36. The number of nitrogen functional groups attached to an aromatic ring is 1. The van der Waals surface area contributed by atoms with Gasteiger partial charge in [-0.25, -0.2) is 4.98 Å². The smallest absolute Gasteiger partial charge is 0.265 e. The van der Waals surface area contributed by atoms with Crippen molar-refractivity contribution in [1.29, 1.82) is 0 Å². The van der Waals surface area contributed by atoms with Crippen LogP contribution in [-0.4, -0.2) is 27.2 Å². The third kappa shape index (κ3) is 3.47. The lowest BCUT2D eigenvalue weighted by Crippen LogP contribution is -2.22. The number of nitrogens with zero attached hydrogens (tertiary/aromatic N) is 3. The van der Waals surface area contributed by atoms with E-state index in [0.717, 1.165) is 18.5 Å². The van der Waals surface area contributed by atoms with E-state index in [4.69, 9.17) is 5.73 Å². The van der Waals surface area contributed by atoms with Gasteiger partial charge >= 0.3 is 0 Å². The summed E-state index contributed by atoms with van der Waals surface area (Å²) in [5.41, 5.74) is 6.71. The lowest BCUT2D eigenvalue weighted by Gasteiger charge is -2.01. The maximum Gasteiger partial charge on any atom is 0.265 e. The number of hydrogen-bond acceptors (Lipinski definition) is 6. The van der Waals surface area contributed by atoms with Gasteiger partial charge < -0.3 is 16.4 Å². The molecule has 4 N–H and O–H groups in total. The number of aryl methyl sites for hydroxylation is 1. The Bertz CT molecular complexity index is 591. The molecule has 0 radical (unpaired) electrons. The van der Waals surface area contributed by atoms with Gasteiger partial charge in [0.2, 0.25) is 0 Å². The zero-order valence-corrected chi connectivity index (χ0v) is 12.3. The summed E-state index contributed by atoms with van der Waals surface area (Å²) in [5.74, 6) is 0.0469. The molecular weight excluding hydrogens is 276 g/mol. The van der Waals surface area contributed by atoms with Gasteiger partial charge in [-0.1, -0.05) is 18.3 Å². The minimum atomic E-state index is -0.214. The van der Waals surface area contributed by atoms with E-state index in [2.05, 4.69) is 27.6 Å². The van der Waals surface area contributed by atoms with E-state index in [1.54, 1.807) is 10.9 Å². The van der Waals surface area contributed by atoms with Crippen molar-refractivity contribution in [3.05, 3.63) is 22.8 Å². The zero-order valence-electron chi connectivity index (χ0n) is 11.5. The third-order valence-electron chi connectivity index (χ3n) is 2.60. The molecule has 2 rings (SSSR count). The van der Waals surface area contributed by atoms with Crippen LogP contribution in [0.5, 0.6) is 0 Å². The van der Waals surface area contributed by atoms with E-state index < -0.39 is 0 Å². The van der Waals surface area contributed by atoms with Gasteiger partial charge in [0.15, 0.2) is 5.13 Å². The molecule has 2 heterocycles. The summed E-state index contributed by atoms with van der Waals surface area (Å²) >= 11 is 1.27. The van der Waals surface area contributed by atoms with Crippen molar-refractivity contribution in [1.82, 2.24) is 20.1 Å². The molecule has 0 aliphatic carbocycles. The predicted molar refractivity (Wildman–Crippen MR) is 79.7 cm³/mol. The normalized spacial score (nSPS) is 10.5. The monoisotopic (exact) mass is 294 g/mol. The summed E-state index contributed by atoms with van der Waals surface area (Å²) < 4.78 is 1.69. The molecule has 2 aromatic heterocycles. The van der Waals surface area contributed by atoms with Crippen molar-refractivity contribution in [2.24, 2.45) is 7.05 Å². The maximum atomic E-state index is 12.1. The summed E-state index contributed by atoms with van der Waals surface area (Å²) in [6, 6.07) is 0. The Morgan fingerprint density at radius 3 is 3.00 bits per heavy atom. The SMILES string of the molecule is CCCNc1nc(N)c(C(=O)NCc2cnn(C)c2)s1. The minimum Gasteiger partial charge on any atom is -0.382 e. The lowest BCUT2D eigenvalue weighted by molar-refractivity contribution is 0.0955. The highest BCUT2D eigenvalue weighted by Crippen LogP contribution is 2.24. The van der Waals surface area contributed by atoms with Crippen molar-refractivity contribution >= 4 is 28.2 Å². The first-order valence-electron chi connectivity index (χ1n) is 6.36. The van der Waals surface area contributed by atoms with Gasteiger partial charge in [-0.2, -0.15) is 5.10 Å². The number of anilines is 2. The number of carbonyl (C=O) groups is 1. The van der Waals surface area contributed by atoms with E-state index in [0.29, 0.717) is 16.6 Å². The number of nitrogens with two attached hydrogens (primary N) is 1. The fraction of sp³-hybridized carbons (Fsp3) is 0.417. The Kier molecular flexibility index (Phi) is 4.57. The number of aromatic nitrogens is 3. The number of amides is 1. The highest BCUT2D eigenvalue weighted by Gasteiger charge is 2.15. The van der Waals surface area contributed by atoms with Crippen LogP contribution in [0.25, 0.3) is 0 Å². The molecule has 0 fully saturated rings. The zero-order chi connectivity index (χ0) is 14.5. The molecule has 0 atom stereocenters. The first kappa shape index (κ1) is 14.3. The average Bonchev–Trinajstić information content (AvgIpc) is 3.00. The number of thiazole rings is 1. The summed E-state index contributed by atoms with van der Waals surface area (Å²) in [7, 11) is 1.83. The van der Waals surface area contributed by atoms with Gasteiger partial charge in [-0.3, -0.25) is 9.48 Å². The number of carbonyl (C=O) groups excluding carboxylic acids is 1. The van der Waals surface area contributed by atoms with Gasteiger partial charge in [0.25, 0.3) is 5.91 Å². The molecule has 0 aromatic carbocycles. The molecular formula is C12H18N6OS. The van der Waals surface area contributed by atoms with Crippen LogP contribution in [0.3, 0.4) is 0 Å². The Labute approximate surface area is 121 Å².